The SMILES string of the molecule is CCOC(=O)c1cccc(NC(=O)c2ccc(S(=O)(=O)N[C@@H](C)COC)cc2)c1. The van der Waals surface area contributed by atoms with E-state index in [9.17, 15) is 18.0 Å². The summed E-state index contributed by atoms with van der Waals surface area (Å²) in [4.78, 5) is 24.3. The number of carbonyl (C=O) groups excluding carboxylic acids is 2. The van der Waals surface area contributed by atoms with E-state index in [-0.39, 0.29) is 29.7 Å². The van der Waals surface area contributed by atoms with Crippen molar-refractivity contribution in [2.45, 2.75) is 24.8 Å². The largest absolute Gasteiger partial charge is 0.462 e. The molecule has 156 valence electrons. The van der Waals surface area contributed by atoms with E-state index in [1.54, 1.807) is 32.0 Å². The molecule has 0 aromatic heterocycles. The summed E-state index contributed by atoms with van der Waals surface area (Å²) in [5.74, 6) is -0.913. The molecule has 0 bridgehead atoms. The highest BCUT2D eigenvalue weighted by Crippen LogP contribution is 2.15. The summed E-state index contributed by atoms with van der Waals surface area (Å²) in [5.41, 5.74) is 1.02. The molecule has 0 saturated heterocycles. The number of nitrogens with one attached hydrogen (secondary N) is 2. The van der Waals surface area contributed by atoms with Crippen molar-refractivity contribution in [3.8, 4) is 0 Å². The Hall–Kier alpha value is -2.75. The van der Waals surface area contributed by atoms with Gasteiger partial charge in [0, 0.05) is 24.4 Å². The van der Waals surface area contributed by atoms with Gasteiger partial charge in [-0.3, -0.25) is 4.79 Å². The zero-order valence-corrected chi connectivity index (χ0v) is 17.3. The van der Waals surface area contributed by atoms with Gasteiger partial charge in [0.25, 0.3) is 5.91 Å². The van der Waals surface area contributed by atoms with Crippen molar-refractivity contribution < 1.29 is 27.5 Å². The van der Waals surface area contributed by atoms with Gasteiger partial charge in [0.05, 0.1) is 23.7 Å². The average molecular weight is 420 g/mol. The van der Waals surface area contributed by atoms with Gasteiger partial charge in [-0.25, -0.2) is 17.9 Å². The van der Waals surface area contributed by atoms with Crippen LogP contribution in [0.5, 0.6) is 0 Å². The van der Waals surface area contributed by atoms with Crippen LogP contribution in [-0.4, -0.2) is 46.7 Å². The fourth-order valence-electron chi connectivity index (χ4n) is 2.54. The Kier molecular flexibility index (Phi) is 7.89. The van der Waals surface area contributed by atoms with Gasteiger partial charge in [-0.05, 0) is 56.3 Å². The van der Waals surface area contributed by atoms with E-state index in [4.69, 9.17) is 9.47 Å². The first kappa shape index (κ1) is 22.5. The summed E-state index contributed by atoms with van der Waals surface area (Å²) in [5, 5.41) is 2.67. The molecule has 0 spiro atoms. The van der Waals surface area contributed by atoms with Gasteiger partial charge in [0.15, 0.2) is 0 Å². The fraction of sp³-hybridized carbons (Fsp3) is 0.300. The molecule has 0 heterocycles. The molecule has 0 aliphatic rings. The molecule has 2 aromatic carbocycles. The van der Waals surface area contributed by atoms with E-state index < -0.39 is 21.9 Å². The Morgan fingerprint density at radius 2 is 1.76 bits per heavy atom. The van der Waals surface area contributed by atoms with Crippen LogP contribution in [-0.2, 0) is 19.5 Å². The van der Waals surface area contributed by atoms with Crippen molar-refractivity contribution in [1.29, 1.82) is 0 Å². The first-order valence-corrected chi connectivity index (χ1v) is 10.4. The standard InChI is InChI=1S/C20H24N2O6S/c1-4-28-20(24)16-6-5-7-17(12-16)21-19(23)15-8-10-18(11-9-15)29(25,26)22-14(2)13-27-3/h5-12,14,22H,4,13H2,1-3H3,(H,21,23)/t14-/m0/s1. The lowest BCUT2D eigenvalue weighted by molar-refractivity contribution is 0.0526. The number of amides is 1. The highest BCUT2D eigenvalue weighted by atomic mass is 32.2. The van der Waals surface area contributed by atoms with Crippen molar-refractivity contribution in [1.82, 2.24) is 4.72 Å². The summed E-state index contributed by atoms with van der Waals surface area (Å²) >= 11 is 0. The normalized spacial score (nSPS) is 12.2. The van der Waals surface area contributed by atoms with E-state index in [0.29, 0.717) is 11.3 Å². The van der Waals surface area contributed by atoms with Crippen LogP contribution in [0, 0.1) is 0 Å². The van der Waals surface area contributed by atoms with Gasteiger partial charge in [0.2, 0.25) is 10.0 Å². The molecule has 2 N–H and O–H groups in total. The lowest BCUT2D eigenvalue weighted by Gasteiger charge is -2.13. The molecule has 0 saturated carbocycles. The van der Waals surface area contributed by atoms with E-state index >= 15 is 0 Å². The number of ether oxygens (including phenoxy) is 2. The van der Waals surface area contributed by atoms with Crippen molar-refractivity contribution in [2.75, 3.05) is 25.6 Å². The number of rotatable bonds is 9. The van der Waals surface area contributed by atoms with Gasteiger partial charge in [-0.15, -0.1) is 0 Å². The minimum absolute atomic E-state index is 0.0429. The zero-order valence-electron chi connectivity index (χ0n) is 16.5. The molecule has 0 aliphatic heterocycles. The van der Waals surface area contributed by atoms with Crippen molar-refractivity contribution in [3.63, 3.8) is 0 Å². The molecule has 9 heteroatoms. The van der Waals surface area contributed by atoms with E-state index in [1.807, 2.05) is 0 Å². The molecule has 0 radical (unpaired) electrons. The fourth-order valence-corrected chi connectivity index (χ4v) is 3.77. The second kappa shape index (κ2) is 10.1. The third-order valence-corrected chi connectivity index (χ3v) is 5.44. The number of hydrogen-bond donors (Lipinski definition) is 2. The quantitative estimate of drug-likeness (QED) is 0.603. The van der Waals surface area contributed by atoms with Crippen LogP contribution in [0.2, 0.25) is 0 Å². The number of carbonyl (C=O) groups is 2. The van der Waals surface area contributed by atoms with Crippen molar-refractivity contribution >= 4 is 27.6 Å². The molecule has 0 fully saturated rings. The highest BCUT2D eigenvalue weighted by molar-refractivity contribution is 7.89. The molecular weight excluding hydrogens is 396 g/mol. The van der Waals surface area contributed by atoms with Crippen LogP contribution >= 0.6 is 0 Å². The number of benzene rings is 2. The summed E-state index contributed by atoms with van der Waals surface area (Å²) in [6.07, 6.45) is 0. The maximum Gasteiger partial charge on any atom is 0.338 e. The first-order chi connectivity index (χ1) is 13.8. The Bertz CT molecular complexity index is 957. The van der Waals surface area contributed by atoms with Crippen molar-refractivity contribution in [3.05, 3.63) is 59.7 Å². The molecule has 29 heavy (non-hydrogen) atoms. The number of esters is 1. The second-order valence-corrected chi connectivity index (χ2v) is 7.97. The summed E-state index contributed by atoms with van der Waals surface area (Å²) < 4.78 is 37.0. The van der Waals surface area contributed by atoms with Gasteiger partial charge >= 0.3 is 5.97 Å². The molecule has 2 rings (SSSR count). The van der Waals surface area contributed by atoms with E-state index in [1.165, 1.54) is 37.4 Å². The van der Waals surface area contributed by atoms with Crippen LogP contribution in [0.3, 0.4) is 0 Å². The Labute approximate surface area is 170 Å². The third kappa shape index (κ3) is 6.38. The lowest BCUT2D eigenvalue weighted by atomic mass is 10.1. The maximum absolute atomic E-state index is 12.4. The van der Waals surface area contributed by atoms with Crippen LogP contribution in [0.1, 0.15) is 34.6 Å². The predicted molar refractivity (Wildman–Crippen MR) is 108 cm³/mol. The minimum atomic E-state index is -3.72. The molecular formula is C20H24N2O6S. The van der Waals surface area contributed by atoms with Gasteiger partial charge < -0.3 is 14.8 Å². The Balaban J connectivity index is 2.09. The van der Waals surface area contributed by atoms with Crippen LogP contribution in [0.15, 0.2) is 53.4 Å². The molecule has 8 nitrogen and oxygen atoms in total. The number of hydrogen-bond acceptors (Lipinski definition) is 6. The molecule has 1 amide bonds. The van der Waals surface area contributed by atoms with Crippen LogP contribution in [0.4, 0.5) is 5.69 Å². The number of sulfonamides is 1. The highest BCUT2D eigenvalue weighted by Gasteiger charge is 2.18. The zero-order chi connectivity index (χ0) is 21.4. The minimum Gasteiger partial charge on any atom is -0.462 e. The first-order valence-electron chi connectivity index (χ1n) is 8.96. The average Bonchev–Trinajstić information content (AvgIpc) is 2.68. The molecule has 2 aromatic rings. The Morgan fingerprint density at radius 1 is 1.07 bits per heavy atom. The molecule has 1 atom stereocenters. The van der Waals surface area contributed by atoms with Crippen LogP contribution < -0.4 is 10.0 Å². The van der Waals surface area contributed by atoms with Crippen molar-refractivity contribution in [2.24, 2.45) is 0 Å². The van der Waals surface area contributed by atoms with Crippen LogP contribution in [0.25, 0.3) is 0 Å². The van der Waals surface area contributed by atoms with E-state index in [0.717, 1.165) is 0 Å². The molecule has 0 aliphatic carbocycles. The number of anilines is 1. The smallest absolute Gasteiger partial charge is 0.338 e. The number of methoxy groups -OCH3 is 1. The summed E-state index contributed by atoms with van der Waals surface area (Å²) in [6.45, 7) is 3.89. The topological polar surface area (TPSA) is 111 Å². The lowest BCUT2D eigenvalue weighted by Crippen LogP contribution is -2.35. The second-order valence-electron chi connectivity index (χ2n) is 6.26. The van der Waals surface area contributed by atoms with E-state index in [2.05, 4.69) is 10.0 Å². The summed E-state index contributed by atoms with van der Waals surface area (Å²) in [6, 6.07) is 11.5. The molecule has 0 unspecified atom stereocenters. The monoisotopic (exact) mass is 420 g/mol. The predicted octanol–water partition coefficient (Wildman–Crippen LogP) is 2.43. The van der Waals surface area contributed by atoms with Gasteiger partial charge in [0.1, 0.15) is 0 Å². The van der Waals surface area contributed by atoms with Gasteiger partial charge in [-0.2, -0.15) is 0 Å². The maximum atomic E-state index is 12.4. The van der Waals surface area contributed by atoms with Gasteiger partial charge in [-0.1, -0.05) is 6.07 Å². The Morgan fingerprint density at radius 3 is 2.38 bits per heavy atom. The third-order valence-electron chi connectivity index (χ3n) is 3.83. The summed E-state index contributed by atoms with van der Waals surface area (Å²) in [7, 11) is -2.23.